The number of carbonyl (C=O) groups is 2. The van der Waals surface area contributed by atoms with Crippen LogP contribution in [0.15, 0.2) is 0 Å². The molecule has 0 radical (unpaired) electrons. The average Bonchev–Trinajstić information content (AvgIpc) is 3.10. The molecule has 0 aliphatic heterocycles. The maximum absolute atomic E-state index is 11.2. The van der Waals surface area contributed by atoms with Crippen molar-refractivity contribution in [2.24, 2.45) is 11.8 Å². The molecule has 1 fully saturated rings. The van der Waals surface area contributed by atoms with Gasteiger partial charge in [0.15, 0.2) is 0 Å². The van der Waals surface area contributed by atoms with Gasteiger partial charge in [0.1, 0.15) is 0 Å². The first-order valence-electron chi connectivity index (χ1n) is 5.71. The van der Waals surface area contributed by atoms with Crippen LogP contribution in [0, 0.1) is 11.8 Å². The highest BCUT2D eigenvalue weighted by Crippen LogP contribution is 2.28. The molecular formula is C11H20N2O3. The molecule has 1 aliphatic carbocycles. The van der Waals surface area contributed by atoms with Gasteiger partial charge in [-0.1, -0.05) is 6.92 Å². The van der Waals surface area contributed by atoms with Crippen molar-refractivity contribution >= 4 is 11.9 Å². The van der Waals surface area contributed by atoms with Crippen LogP contribution in [0.3, 0.4) is 0 Å². The number of carbonyl (C=O) groups excluding carboxylic acids is 2. The lowest BCUT2D eigenvalue weighted by molar-refractivity contribution is -0.144. The van der Waals surface area contributed by atoms with Crippen LogP contribution in [0.1, 0.15) is 19.8 Å². The summed E-state index contributed by atoms with van der Waals surface area (Å²) >= 11 is 0. The fraction of sp³-hybridized carbons (Fsp3) is 0.818. The number of nitrogens with one attached hydrogen (secondary N) is 2. The van der Waals surface area contributed by atoms with Crippen molar-refractivity contribution in [1.82, 2.24) is 10.6 Å². The number of hydrogen-bond acceptors (Lipinski definition) is 4. The lowest BCUT2D eigenvalue weighted by atomic mass is 10.2. The van der Waals surface area contributed by atoms with E-state index in [0.29, 0.717) is 19.6 Å². The van der Waals surface area contributed by atoms with Gasteiger partial charge in [-0.2, -0.15) is 0 Å². The summed E-state index contributed by atoms with van der Waals surface area (Å²) < 4.78 is 4.60. The summed E-state index contributed by atoms with van der Waals surface area (Å²) in [5, 5.41) is 5.94. The van der Waals surface area contributed by atoms with Gasteiger partial charge >= 0.3 is 5.97 Å². The Hall–Kier alpha value is -1.10. The third-order valence-corrected chi connectivity index (χ3v) is 2.60. The first kappa shape index (κ1) is 13.0. The van der Waals surface area contributed by atoms with Gasteiger partial charge in [0.2, 0.25) is 5.91 Å². The molecule has 0 heterocycles. The molecule has 0 spiro atoms. The van der Waals surface area contributed by atoms with Crippen LogP contribution in [0.5, 0.6) is 0 Å². The Morgan fingerprint density at radius 3 is 2.62 bits per heavy atom. The zero-order chi connectivity index (χ0) is 12.0. The smallest absolute Gasteiger partial charge is 0.309 e. The number of hydrogen-bond donors (Lipinski definition) is 2. The summed E-state index contributed by atoms with van der Waals surface area (Å²) in [6.45, 7) is 3.68. The summed E-state index contributed by atoms with van der Waals surface area (Å²) in [6, 6.07) is 0. The van der Waals surface area contributed by atoms with E-state index in [2.05, 4.69) is 15.4 Å². The molecule has 16 heavy (non-hydrogen) atoms. The SMILES string of the molecule is COC(=O)C(C)CNCCNC(=O)C1CC1. The van der Waals surface area contributed by atoms with E-state index < -0.39 is 0 Å². The highest BCUT2D eigenvalue weighted by atomic mass is 16.5. The number of ether oxygens (including phenoxy) is 1. The summed E-state index contributed by atoms with van der Waals surface area (Å²) in [4.78, 5) is 22.3. The van der Waals surface area contributed by atoms with Crippen molar-refractivity contribution < 1.29 is 14.3 Å². The molecule has 1 unspecified atom stereocenters. The predicted molar refractivity (Wildman–Crippen MR) is 59.8 cm³/mol. The summed E-state index contributed by atoms with van der Waals surface area (Å²) in [7, 11) is 1.38. The highest BCUT2D eigenvalue weighted by Gasteiger charge is 2.28. The molecule has 92 valence electrons. The third-order valence-electron chi connectivity index (χ3n) is 2.60. The largest absolute Gasteiger partial charge is 0.469 e. The van der Waals surface area contributed by atoms with Crippen LogP contribution in [0.25, 0.3) is 0 Å². The first-order valence-corrected chi connectivity index (χ1v) is 5.71. The Labute approximate surface area is 95.9 Å². The molecule has 5 nitrogen and oxygen atoms in total. The van der Waals surface area contributed by atoms with Crippen LogP contribution >= 0.6 is 0 Å². The van der Waals surface area contributed by atoms with Gasteiger partial charge in [-0.25, -0.2) is 0 Å². The van der Waals surface area contributed by atoms with E-state index in [1.807, 2.05) is 6.92 Å². The minimum absolute atomic E-state index is 0.149. The topological polar surface area (TPSA) is 67.4 Å². The molecule has 0 aromatic carbocycles. The second kappa shape index (κ2) is 6.48. The van der Waals surface area contributed by atoms with Crippen molar-refractivity contribution in [3.63, 3.8) is 0 Å². The number of esters is 1. The van der Waals surface area contributed by atoms with E-state index in [1.54, 1.807) is 0 Å². The van der Waals surface area contributed by atoms with Crippen LogP contribution in [0.2, 0.25) is 0 Å². The molecule has 5 heteroatoms. The predicted octanol–water partition coefficient (Wildman–Crippen LogP) is -0.0887. The standard InChI is InChI=1S/C11H20N2O3/c1-8(11(15)16-2)7-12-5-6-13-10(14)9-3-4-9/h8-9,12H,3-7H2,1-2H3,(H,13,14). The van der Waals surface area contributed by atoms with E-state index in [1.165, 1.54) is 7.11 Å². The lowest BCUT2D eigenvalue weighted by Gasteiger charge is -2.10. The van der Waals surface area contributed by atoms with Gasteiger partial charge in [0, 0.05) is 25.6 Å². The average molecular weight is 228 g/mol. The van der Waals surface area contributed by atoms with E-state index in [-0.39, 0.29) is 23.7 Å². The first-order chi connectivity index (χ1) is 7.65. The van der Waals surface area contributed by atoms with E-state index >= 15 is 0 Å². The molecule has 0 aromatic rings. The summed E-state index contributed by atoms with van der Waals surface area (Å²) in [5.74, 6) is 0.0514. The van der Waals surface area contributed by atoms with Gasteiger partial charge in [-0.3, -0.25) is 9.59 Å². The van der Waals surface area contributed by atoms with Crippen LogP contribution < -0.4 is 10.6 Å². The highest BCUT2D eigenvalue weighted by molar-refractivity contribution is 5.80. The second-order valence-electron chi connectivity index (χ2n) is 4.19. The van der Waals surface area contributed by atoms with Gasteiger partial charge in [0.25, 0.3) is 0 Å². The molecule has 0 aromatic heterocycles. The van der Waals surface area contributed by atoms with Crippen LogP contribution in [-0.2, 0) is 14.3 Å². The zero-order valence-electron chi connectivity index (χ0n) is 9.91. The fourth-order valence-electron chi connectivity index (χ4n) is 1.37. The van der Waals surface area contributed by atoms with Crippen molar-refractivity contribution in [3.8, 4) is 0 Å². The number of amides is 1. The minimum atomic E-state index is -0.213. The third kappa shape index (κ3) is 4.61. The Balaban J connectivity index is 1.94. The summed E-state index contributed by atoms with van der Waals surface area (Å²) in [6.07, 6.45) is 2.05. The molecule has 2 N–H and O–H groups in total. The number of methoxy groups -OCH3 is 1. The zero-order valence-corrected chi connectivity index (χ0v) is 9.91. The number of rotatable bonds is 7. The molecule has 1 amide bonds. The molecule has 1 saturated carbocycles. The Morgan fingerprint density at radius 1 is 1.38 bits per heavy atom. The molecule has 0 bridgehead atoms. The normalized spacial score (nSPS) is 16.6. The fourth-order valence-corrected chi connectivity index (χ4v) is 1.37. The van der Waals surface area contributed by atoms with Gasteiger partial charge in [0.05, 0.1) is 13.0 Å². The van der Waals surface area contributed by atoms with Crippen molar-refractivity contribution in [2.45, 2.75) is 19.8 Å². The van der Waals surface area contributed by atoms with Crippen molar-refractivity contribution in [3.05, 3.63) is 0 Å². The van der Waals surface area contributed by atoms with Crippen molar-refractivity contribution in [2.75, 3.05) is 26.7 Å². The van der Waals surface area contributed by atoms with E-state index in [9.17, 15) is 9.59 Å². The minimum Gasteiger partial charge on any atom is -0.469 e. The molecule has 1 aliphatic rings. The maximum Gasteiger partial charge on any atom is 0.309 e. The van der Waals surface area contributed by atoms with E-state index in [0.717, 1.165) is 12.8 Å². The Kier molecular flexibility index (Phi) is 5.25. The van der Waals surface area contributed by atoms with Crippen LogP contribution in [0.4, 0.5) is 0 Å². The van der Waals surface area contributed by atoms with Gasteiger partial charge in [-0.05, 0) is 12.8 Å². The van der Waals surface area contributed by atoms with Crippen LogP contribution in [-0.4, -0.2) is 38.6 Å². The molecule has 0 saturated heterocycles. The molecule has 1 atom stereocenters. The van der Waals surface area contributed by atoms with Crippen molar-refractivity contribution in [1.29, 1.82) is 0 Å². The van der Waals surface area contributed by atoms with E-state index in [4.69, 9.17) is 0 Å². The second-order valence-corrected chi connectivity index (χ2v) is 4.19. The maximum atomic E-state index is 11.2. The monoisotopic (exact) mass is 228 g/mol. The quantitative estimate of drug-likeness (QED) is 0.472. The Bertz CT molecular complexity index is 252. The molecular weight excluding hydrogens is 208 g/mol. The van der Waals surface area contributed by atoms with Gasteiger partial charge in [-0.15, -0.1) is 0 Å². The lowest BCUT2D eigenvalue weighted by Crippen LogP contribution is -2.35. The summed E-state index contributed by atoms with van der Waals surface area (Å²) in [5.41, 5.74) is 0. The van der Waals surface area contributed by atoms with Gasteiger partial charge < -0.3 is 15.4 Å². The molecule has 1 rings (SSSR count). The Morgan fingerprint density at radius 2 is 2.06 bits per heavy atom.